The van der Waals surface area contributed by atoms with E-state index in [1.807, 2.05) is 4.90 Å². The summed E-state index contributed by atoms with van der Waals surface area (Å²) >= 11 is 3.06. The standard InChI is InChI=1S/C14H18BrFN2O2/c1-9-8-17(2)6-3-7-18(9)11-5-4-10(14(19)20)12(15)13(11)16/h4-5,9H,3,6-8H2,1-2H3,(H,19,20). The number of hydrogen-bond donors (Lipinski definition) is 1. The molecule has 110 valence electrons. The predicted octanol–water partition coefficient (Wildman–Crippen LogP) is 2.82. The van der Waals surface area contributed by atoms with Crippen LogP contribution in [0.1, 0.15) is 23.7 Å². The van der Waals surface area contributed by atoms with Gasteiger partial charge in [-0.15, -0.1) is 0 Å². The van der Waals surface area contributed by atoms with Crippen LogP contribution < -0.4 is 4.90 Å². The number of anilines is 1. The Morgan fingerprint density at radius 3 is 2.80 bits per heavy atom. The Bertz CT molecular complexity index is 524. The third kappa shape index (κ3) is 2.96. The molecule has 20 heavy (non-hydrogen) atoms. The fraction of sp³-hybridized carbons (Fsp3) is 0.500. The third-order valence-electron chi connectivity index (χ3n) is 3.65. The van der Waals surface area contributed by atoms with Crippen LogP contribution in [0.5, 0.6) is 0 Å². The second-order valence-corrected chi connectivity index (χ2v) is 6.02. The lowest BCUT2D eigenvalue weighted by Gasteiger charge is -2.30. The van der Waals surface area contributed by atoms with E-state index in [1.54, 1.807) is 6.07 Å². The topological polar surface area (TPSA) is 43.8 Å². The molecule has 1 aliphatic rings. The molecule has 6 heteroatoms. The molecule has 1 N–H and O–H groups in total. The molecule has 1 aromatic rings. The maximum absolute atomic E-state index is 14.4. The molecular weight excluding hydrogens is 327 g/mol. The molecule has 0 saturated carbocycles. The number of rotatable bonds is 2. The predicted molar refractivity (Wildman–Crippen MR) is 80.0 cm³/mol. The molecule has 1 aromatic carbocycles. The first-order valence-electron chi connectivity index (χ1n) is 6.58. The molecule has 0 amide bonds. The van der Waals surface area contributed by atoms with Crippen molar-refractivity contribution in [3.8, 4) is 0 Å². The van der Waals surface area contributed by atoms with Gasteiger partial charge >= 0.3 is 5.97 Å². The van der Waals surface area contributed by atoms with Crippen molar-refractivity contribution in [3.05, 3.63) is 28.0 Å². The molecule has 0 aliphatic carbocycles. The van der Waals surface area contributed by atoms with Crippen LogP contribution in [-0.2, 0) is 0 Å². The van der Waals surface area contributed by atoms with Crippen LogP contribution >= 0.6 is 15.9 Å². The molecule has 0 bridgehead atoms. The number of likely N-dealkylation sites (N-methyl/N-ethyl adjacent to an activating group) is 1. The van der Waals surface area contributed by atoms with E-state index in [-0.39, 0.29) is 16.1 Å². The highest BCUT2D eigenvalue weighted by atomic mass is 79.9. The quantitative estimate of drug-likeness (QED) is 0.895. The number of carboxylic acid groups (broad SMARTS) is 1. The fourth-order valence-electron chi connectivity index (χ4n) is 2.66. The van der Waals surface area contributed by atoms with Crippen molar-refractivity contribution >= 4 is 27.6 Å². The van der Waals surface area contributed by atoms with Crippen molar-refractivity contribution in [3.63, 3.8) is 0 Å². The SMILES string of the molecule is CC1CN(C)CCCN1c1ccc(C(=O)O)c(Br)c1F. The van der Waals surface area contributed by atoms with Gasteiger partial charge in [0.2, 0.25) is 0 Å². The smallest absolute Gasteiger partial charge is 0.336 e. The highest BCUT2D eigenvalue weighted by Gasteiger charge is 2.25. The van der Waals surface area contributed by atoms with E-state index < -0.39 is 11.8 Å². The zero-order valence-corrected chi connectivity index (χ0v) is 13.2. The molecule has 1 unspecified atom stereocenters. The van der Waals surface area contributed by atoms with Crippen molar-refractivity contribution in [2.45, 2.75) is 19.4 Å². The summed E-state index contributed by atoms with van der Waals surface area (Å²) in [5.41, 5.74) is 0.413. The maximum Gasteiger partial charge on any atom is 0.336 e. The second-order valence-electron chi connectivity index (χ2n) is 5.22. The Kier molecular flexibility index (Phi) is 4.65. The number of aromatic carboxylic acids is 1. The molecular formula is C14H18BrFN2O2. The average molecular weight is 345 g/mol. The Morgan fingerprint density at radius 1 is 1.45 bits per heavy atom. The van der Waals surface area contributed by atoms with E-state index in [9.17, 15) is 9.18 Å². The molecule has 0 aromatic heterocycles. The van der Waals surface area contributed by atoms with Gasteiger partial charge in [-0.2, -0.15) is 0 Å². The monoisotopic (exact) mass is 344 g/mol. The summed E-state index contributed by atoms with van der Waals surface area (Å²) in [6.45, 7) is 4.66. The summed E-state index contributed by atoms with van der Waals surface area (Å²) in [6, 6.07) is 3.19. The number of nitrogens with zero attached hydrogens (tertiary/aromatic N) is 2. The summed E-state index contributed by atoms with van der Waals surface area (Å²) in [7, 11) is 2.06. The normalized spacial score (nSPS) is 20.8. The third-order valence-corrected chi connectivity index (χ3v) is 4.42. The van der Waals surface area contributed by atoms with Crippen molar-refractivity contribution in [1.29, 1.82) is 0 Å². The lowest BCUT2D eigenvalue weighted by molar-refractivity contribution is 0.0695. The van der Waals surface area contributed by atoms with Crippen LogP contribution in [0.2, 0.25) is 0 Å². The van der Waals surface area contributed by atoms with Gasteiger partial charge in [0.25, 0.3) is 0 Å². The van der Waals surface area contributed by atoms with Crippen molar-refractivity contribution in [2.24, 2.45) is 0 Å². The van der Waals surface area contributed by atoms with Crippen molar-refractivity contribution in [2.75, 3.05) is 31.6 Å². The summed E-state index contributed by atoms with van der Waals surface area (Å²) in [4.78, 5) is 15.2. The maximum atomic E-state index is 14.4. The first-order valence-corrected chi connectivity index (χ1v) is 7.37. The minimum absolute atomic E-state index is 0.0206. The van der Waals surface area contributed by atoms with Gasteiger partial charge in [0.1, 0.15) is 0 Å². The first kappa shape index (κ1) is 15.3. The number of hydrogen-bond acceptors (Lipinski definition) is 3. The largest absolute Gasteiger partial charge is 0.478 e. The molecule has 2 rings (SSSR count). The van der Waals surface area contributed by atoms with Crippen LogP contribution in [0.4, 0.5) is 10.1 Å². The van der Waals surface area contributed by atoms with Gasteiger partial charge in [0.15, 0.2) is 5.82 Å². The van der Waals surface area contributed by atoms with E-state index in [1.165, 1.54) is 6.07 Å². The van der Waals surface area contributed by atoms with Crippen LogP contribution in [0.3, 0.4) is 0 Å². The lowest BCUT2D eigenvalue weighted by Crippen LogP contribution is -2.38. The minimum Gasteiger partial charge on any atom is -0.478 e. The summed E-state index contributed by atoms with van der Waals surface area (Å²) in [5, 5.41) is 9.01. The lowest BCUT2D eigenvalue weighted by atomic mass is 10.1. The van der Waals surface area contributed by atoms with Gasteiger partial charge in [-0.1, -0.05) is 0 Å². The van der Waals surface area contributed by atoms with Crippen LogP contribution in [0, 0.1) is 5.82 Å². The Balaban J connectivity index is 2.37. The molecule has 4 nitrogen and oxygen atoms in total. The van der Waals surface area contributed by atoms with Gasteiger partial charge in [-0.3, -0.25) is 0 Å². The molecule has 0 radical (unpaired) electrons. The molecule has 1 saturated heterocycles. The van der Waals surface area contributed by atoms with Gasteiger partial charge in [0.05, 0.1) is 15.7 Å². The van der Waals surface area contributed by atoms with Gasteiger partial charge in [-0.05, 0) is 55.0 Å². The van der Waals surface area contributed by atoms with Crippen molar-refractivity contribution in [1.82, 2.24) is 4.90 Å². The van der Waals surface area contributed by atoms with E-state index >= 15 is 0 Å². The average Bonchev–Trinajstić information content (AvgIpc) is 2.53. The molecule has 1 fully saturated rings. The molecule has 1 atom stereocenters. The van der Waals surface area contributed by atoms with Crippen molar-refractivity contribution < 1.29 is 14.3 Å². The molecule has 0 spiro atoms. The first-order chi connectivity index (χ1) is 9.41. The van der Waals surface area contributed by atoms with Crippen LogP contribution in [-0.4, -0.2) is 48.7 Å². The van der Waals surface area contributed by atoms with Crippen LogP contribution in [0.25, 0.3) is 0 Å². The van der Waals surface area contributed by atoms with E-state index in [0.717, 1.165) is 26.1 Å². The highest BCUT2D eigenvalue weighted by molar-refractivity contribution is 9.10. The number of carboxylic acids is 1. The molecule has 1 aliphatic heterocycles. The fourth-order valence-corrected chi connectivity index (χ4v) is 3.16. The Hall–Kier alpha value is -1.14. The second kappa shape index (κ2) is 6.10. The van der Waals surface area contributed by atoms with Crippen LogP contribution in [0.15, 0.2) is 16.6 Å². The Morgan fingerprint density at radius 2 is 2.15 bits per heavy atom. The Labute approximate surface area is 126 Å². The zero-order valence-electron chi connectivity index (χ0n) is 11.6. The van der Waals surface area contributed by atoms with Gasteiger partial charge < -0.3 is 14.9 Å². The number of halogens is 2. The molecule has 1 heterocycles. The highest BCUT2D eigenvalue weighted by Crippen LogP contribution is 2.31. The zero-order chi connectivity index (χ0) is 14.9. The summed E-state index contributed by atoms with van der Waals surface area (Å²) in [5.74, 6) is -1.63. The summed E-state index contributed by atoms with van der Waals surface area (Å²) < 4.78 is 14.5. The number of benzene rings is 1. The van der Waals surface area contributed by atoms with Gasteiger partial charge in [-0.25, -0.2) is 9.18 Å². The minimum atomic E-state index is -1.13. The number of carbonyl (C=O) groups is 1. The van der Waals surface area contributed by atoms with E-state index in [4.69, 9.17) is 5.11 Å². The van der Waals surface area contributed by atoms with E-state index in [2.05, 4.69) is 34.8 Å². The summed E-state index contributed by atoms with van der Waals surface area (Å²) in [6.07, 6.45) is 0.957. The van der Waals surface area contributed by atoms with E-state index in [0.29, 0.717) is 5.69 Å². The van der Waals surface area contributed by atoms with Gasteiger partial charge in [0, 0.05) is 19.1 Å².